The van der Waals surface area contributed by atoms with E-state index < -0.39 is 10.0 Å². The summed E-state index contributed by atoms with van der Waals surface area (Å²) in [6.07, 6.45) is 0.495. The molecular formula is C17H22N4O3S. The van der Waals surface area contributed by atoms with Crippen molar-refractivity contribution in [3.8, 4) is 0 Å². The molecule has 3 rings (SSSR count). The van der Waals surface area contributed by atoms with Crippen LogP contribution >= 0.6 is 0 Å². The van der Waals surface area contributed by atoms with Gasteiger partial charge in [-0.2, -0.15) is 9.40 Å². The van der Waals surface area contributed by atoms with E-state index in [1.165, 1.54) is 4.31 Å². The van der Waals surface area contributed by atoms with Crippen molar-refractivity contribution >= 4 is 15.9 Å². The monoisotopic (exact) mass is 362 g/mol. The van der Waals surface area contributed by atoms with E-state index in [1.807, 2.05) is 37.3 Å². The summed E-state index contributed by atoms with van der Waals surface area (Å²) in [5.74, 6) is -0.0746. The maximum atomic E-state index is 12.5. The highest BCUT2D eigenvalue weighted by atomic mass is 32.2. The van der Waals surface area contributed by atoms with Gasteiger partial charge in [-0.1, -0.05) is 30.3 Å². The second-order valence-electron chi connectivity index (χ2n) is 6.18. The predicted molar refractivity (Wildman–Crippen MR) is 94.7 cm³/mol. The van der Waals surface area contributed by atoms with E-state index in [4.69, 9.17) is 0 Å². The molecule has 0 aliphatic carbocycles. The maximum Gasteiger partial charge on any atom is 0.274 e. The number of nitrogens with zero attached hydrogens (tertiary/aromatic N) is 3. The van der Waals surface area contributed by atoms with Crippen LogP contribution in [0.2, 0.25) is 0 Å². The Morgan fingerprint density at radius 1 is 1.16 bits per heavy atom. The first-order valence-corrected chi connectivity index (χ1v) is 9.90. The normalized spacial score (nSPS) is 16.1. The summed E-state index contributed by atoms with van der Waals surface area (Å²) in [7, 11) is -3.32. The van der Waals surface area contributed by atoms with Crippen LogP contribution in [0.5, 0.6) is 0 Å². The van der Waals surface area contributed by atoms with Crippen molar-refractivity contribution in [3.63, 3.8) is 0 Å². The second kappa shape index (κ2) is 7.37. The number of H-pyrrole nitrogens is 1. The fourth-order valence-corrected chi connectivity index (χ4v) is 4.35. The van der Waals surface area contributed by atoms with Crippen LogP contribution in [0.4, 0.5) is 0 Å². The van der Waals surface area contributed by atoms with Gasteiger partial charge < -0.3 is 4.90 Å². The van der Waals surface area contributed by atoms with E-state index in [-0.39, 0.29) is 11.7 Å². The van der Waals surface area contributed by atoms with Gasteiger partial charge in [-0.3, -0.25) is 9.89 Å². The van der Waals surface area contributed by atoms with Crippen molar-refractivity contribution in [1.82, 2.24) is 19.4 Å². The summed E-state index contributed by atoms with van der Waals surface area (Å²) in [6, 6.07) is 11.3. The van der Waals surface area contributed by atoms with Crippen molar-refractivity contribution < 1.29 is 13.2 Å². The highest BCUT2D eigenvalue weighted by Crippen LogP contribution is 2.13. The van der Waals surface area contributed by atoms with E-state index in [0.717, 1.165) is 11.3 Å². The molecule has 1 saturated heterocycles. The highest BCUT2D eigenvalue weighted by molar-refractivity contribution is 7.89. The number of aromatic nitrogens is 2. The molecule has 0 saturated carbocycles. The number of sulfonamides is 1. The van der Waals surface area contributed by atoms with Gasteiger partial charge in [-0.25, -0.2) is 8.42 Å². The van der Waals surface area contributed by atoms with Crippen LogP contribution in [0.1, 0.15) is 21.7 Å². The quantitative estimate of drug-likeness (QED) is 0.861. The van der Waals surface area contributed by atoms with Crippen LogP contribution in [0.15, 0.2) is 36.4 Å². The van der Waals surface area contributed by atoms with Gasteiger partial charge in [0.15, 0.2) is 0 Å². The van der Waals surface area contributed by atoms with E-state index >= 15 is 0 Å². The van der Waals surface area contributed by atoms with Gasteiger partial charge in [-0.15, -0.1) is 0 Å². The summed E-state index contributed by atoms with van der Waals surface area (Å²) in [5, 5.41) is 6.72. The Bertz CT molecular complexity index is 825. The molecule has 1 aromatic heterocycles. The lowest BCUT2D eigenvalue weighted by Gasteiger charge is -2.33. The number of hydrogen-bond donors (Lipinski definition) is 1. The number of piperazine rings is 1. The van der Waals surface area contributed by atoms with E-state index in [0.29, 0.717) is 38.3 Å². The lowest BCUT2D eigenvalue weighted by molar-refractivity contribution is 0.0692. The van der Waals surface area contributed by atoms with Crippen LogP contribution in [-0.2, 0) is 16.4 Å². The summed E-state index contributed by atoms with van der Waals surface area (Å²) < 4.78 is 26.5. The van der Waals surface area contributed by atoms with Gasteiger partial charge in [0.05, 0.1) is 5.75 Å². The van der Waals surface area contributed by atoms with Gasteiger partial charge >= 0.3 is 0 Å². The largest absolute Gasteiger partial charge is 0.335 e. The van der Waals surface area contributed by atoms with Crippen LogP contribution in [0, 0.1) is 6.92 Å². The Morgan fingerprint density at radius 2 is 1.84 bits per heavy atom. The van der Waals surface area contributed by atoms with Gasteiger partial charge in [0, 0.05) is 31.9 Å². The molecule has 2 heterocycles. The lowest BCUT2D eigenvalue weighted by atomic mass is 10.2. The van der Waals surface area contributed by atoms with Crippen molar-refractivity contribution in [2.24, 2.45) is 0 Å². The molecule has 0 bridgehead atoms. The SMILES string of the molecule is Cc1cc(C(=O)N2CCN(S(=O)(=O)CCc3ccccc3)CC2)n[nH]1. The van der Waals surface area contributed by atoms with Crippen molar-refractivity contribution in [2.75, 3.05) is 31.9 Å². The van der Waals surface area contributed by atoms with Gasteiger partial charge in [-0.05, 0) is 25.0 Å². The van der Waals surface area contributed by atoms with Crippen LogP contribution < -0.4 is 0 Å². The summed E-state index contributed by atoms with van der Waals surface area (Å²) in [5.41, 5.74) is 2.21. The average molecular weight is 362 g/mol. The Hall–Kier alpha value is -2.19. The predicted octanol–water partition coefficient (Wildman–Crippen LogP) is 1.05. The van der Waals surface area contributed by atoms with Gasteiger partial charge in [0.2, 0.25) is 10.0 Å². The molecule has 1 aromatic carbocycles. The standard InChI is InChI=1S/C17H22N4O3S/c1-14-13-16(19-18-14)17(22)20-8-10-21(11-9-20)25(23,24)12-7-15-5-3-2-4-6-15/h2-6,13H,7-12H2,1H3,(H,18,19). The number of carbonyl (C=O) groups excluding carboxylic acids is 1. The van der Waals surface area contributed by atoms with Crippen LogP contribution in [0.3, 0.4) is 0 Å². The second-order valence-corrected chi connectivity index (χ2v) is 8.27. The zero-order chi connectivity index (χ0) is 17.9. The number of amides is 1. The molecule has 8 heteroatoms. The first-order valence-electron chi connectivity index (χ1n) is 8.29. The summed E-state index contributed by atoms with van der Waals surface area (Å²) in [4.78, 5) is 14.0. The Kier molecular flexibility index (Phi) is 5.19. The van der Waals surface area contributed by atoms with Crippen LogP contribution in [-0.4, -0.2) is 65.7 Å². The number of hydrogen-bond acceptors (Lipinski definition) is 4. The number of rotatable bonds is 5. The molecule has 0 spiro atoms. The molecule has 0 atom stereocenters. The minimum atomic E-state index is -3.32. The van der Waals surface area contributed by atoms with Crippen molar-refractivity contribution in [2.45, 2.75) is 13.3 Å². The molecule has 1 amide bonds. The zero-order valence-electron chi connectivity index (χ0n) is 14.2. The third-order valence-electron chi connectivity index (χ3n) is 4.34. The highest BCUT2D eigenvalue weighted by Gasteiger charge is 2.29. The number of carbonyl (C=O) groups is 1. The average Bonchev–Trinajstić information content (AvgIpc) is 3.07. The third-order valence-corrected chi connectivity index (χ3v) is 6.21. The molecule has 134 valence electrons. The van der Waals surface area contributed by atoms with Crippen LogP contribution in [0.25, 0.3) is 0 Å². The smallest absolute Gasteiger partial charge is 0.274 e. The third kappa shape index (κ3) is 4.26. The van der Waals surface area contributed by atoms with Crippen molar-refractivity contribution in [1.29, 1.82) is 0 Å². The van der Waals surface area contributed by atoms with E-state index in [1.54, 1.807) is 11.0 Å². The van der Waals surface area contributed by atoms with E-state index in [2.05, 4.69) is 10.2 Å². The lowest BCUT2D eigenvalue weighted by Crippen LogP contribution is -2.51. The minimum Gasteiger partial charge on any atom is -0.335 e. The molecule has 2 aromatic rings. The minimum absolute atomic E-state index is 0.0868. The molecule has 25 heavy (non-hydrogen) atoms. The topological polar surface area (TPSA) is 86.4 Å². The Balaban J connectivity index is 1.55. The fraction of sp³-hybridized carbons (Fsp3) is 0.412. The molecule has 0 radical (unpaired) electrons. The van der Waals surface area contributed by atoms with Gasteiger partial charge in [0.25, 0.3) is 5.91 Å². The number of nitrogens with one attached hydrogen (secondary N) is 1. The fourth-order valence-electron chi connectivity index (χ4n) is 2.88. The first kappa shape index (κ1) is 17.6. The molecule has 1 fully saturated rings. The number of aromatic amines is 1. The number of aryl methyl sites for hydroxylation is 2. The Morgan fingerprint density at radius 3 is 2.44 bits per heavy atom. The van der Waals surface area contributed by atoms with Crippen molar-refractivity contribution in [3.05, 3.63) is 53.3 Å². The summed E-state index contributed by atoms with van der Waals surface area (Å²) >= 11 is 0. The molecule has 0 unspecified atom stereocenters. The van der Waals surface area contributed by atoms with E-state index in [9.17, 15) is 13.2 Å². The van der Waals surface area contributed by atoms with Gasteiger partial charge in [0.1, 0.15) is 5.69 Å². The molecule has 7 nitrogen and oxygen atoms in total. The Labute approximate surface area is 147 Å². The summed E-state index contributed by atoms with van der Waals surface area (Å²) in [6.45, 7) is 3.25. The number of benzene rings is 1. The molecular weight excluding hydrogens is 340 g/mol. The molecule has 1 aliphatic heterocycles. The molecule has 1 N–H and O–H groups in total. The maximum absolute atomic E-state index is 12.5. The zero-order valence-corrected chi connectivity index (χ0v) is 15.0. The first-order chi connectivity index (χ1) is 12.0. The molecule has 1 aliphatic rings.